The van der Waals surface area contributed by atoms with Crippen molar-refractivity contribution in [2.75, 3.05) is 0 Å². The maximum absolute atomic E-state index is 14.1. The predicted octanol–water partition coefficient (Wildman–Crippen LogP) is 5.62. The monoisotopic (exact) mass is 854 g/mol. The van der Waals surface area contributed by atoms with Crippen LogP contribution < -0.4 is 4.74 Å². The number of rotatable bonds is 5. The molecule has 2 aromatic carbocycles. The van der Waals surface area contributed by atoms with Gasteiger partial charge in [-0.25, -0.2) is 13.6 Å². The molecular formula is C20H13F4I3O7S. The molecule has 0 unspecified atom stereocenters. The van der Waals surface area contributed by atoms with Crippen molar-refractivity contribution < 1.29 is 49.6 Å². The standard InChI is InChI=1S/C20H13F4I3O7S/c21-12-14(23)18(35(30,31)32)15(24)13(22)17(12)34-19(28)7-1-3-9(4-2-7)33-20(29)10-5-8(25)6-11(26)16(10)27/h5-7,9H,1-4H2,(H,30,31,32). The minimum atomic E-state index is -5.63. The van der Waals surface area contributed by atoms with Crippen molar-refractivity contribution in [1.29, 1.82) is 0 Å². The van der Waals surface area contributed by atoms with E-state index in [0.717, 1.165) is 10.7 Å². The van der Waals surface area contributed by atoms with Gasteiger partial charge < -0.3 is 9.47 Å². The summed E-state index contributed by atoms with van der Waals surface area (Å²) in [7, 11) is -5.63. The number of carbonyl (C=O) groups excluding carboxylic acids is 2. The maximum Gasteiger partial charge on any atom is 0.339 e. The Hall–Kier alpha value is -0.800. The van der Waals surface area contributed by atoms with Crippen molar-refractivity contribution in [2.45, 2.75) is 36.7 Å². The summed E-state index contributed by atoms with van der Waals surface area (Å²) in [6.45, 7) is 0. The molecule has 2 aromatic rings. The van der Waals surface area contributed by atoms with Gasteiger partial charge in [0.25, 0.3) is 0 Å². The zero-order chi connectivity index (χ0) is 26.2. The Balaban J connectivity index is 1.67. The van der Waals surface area contributed by atoms with Crippen LogP contribution in [0.2, 0.25) is 0 Å². The summed E-state index contributed by atoms with van der Waals surface area (Å²) in [5, 5.41) is 0. The van der Waals surface area contributed by atoms with E-state index >= 15 is 0 Å². The highest BCUT2D eigenvalue weighted by molar-refractivity contribution is 14.1. The average Bonchev–Trinajstić information content (AvgIpc) is 2.77. The van der Waals surface area contributed by atoms with Gasteiger partial charge in [0, 0.05) is 10.7 Å². The van der Waals surface area contributed by atoms with Gasteiger partial charge in [0.1, 0.15) is 6.10 Å². The van der Waals surface area contributed by atoms with E-state index in [0.29, 0.717) is 5.56 Å². The molecule has 7 nitrogen and oxygen atoms in total. The van der Waals surface area contributed by atoms with Crippen LogP contribution in [0.5, 0.6) is 5.75 Å². The molecule has 0 spiro atoms. The highest BCUT2D eigenvalue weighted by Gasteiger charge is 2.36. The second-order valence-electron chi connectivity index (χ2n) is 7.44. The fourth-order valence-electron chi connectivity index (χ4n) is 3.43. The minimum absolute atomic E-state index is 0.0923. The molecule has 15 heteroatoms. The van der Waals surface area contributed by atoms with Crippen molar-refractivity contribution >= 4 is 89.8 Å². The Morgan fingerprint density at radius 2 is 1.46 bits per heavy atom. The molecule has 0 amide bonds. The first-order valence-corrected chi connectivity index (χ1v) is 14.3. The normalized spacial score (nSPS) is 18.3. The van der Waals surface area contributed by atoms with Gasteiger partial charge >= 0.3 is 22.1 Å². The Labute approximate surface area is 237 Å². The van der Waals surface area contributed by atoms with E-state index in [9.17, 15) is 35.6 Å². The maximum atomic E-state index is 14.1. The summed E-state index contributed by atoms with van der Waals surface area (Å²) in [5.74, 6) is -13.8. The van der Waals surface area contributed by atoms with Crippen molar-refractivity contribution in [3.05, 3.63) is 51.7 Å². The summed E-state index contributed by atoms with van der Waals surface area (Å²) in [6, 6.07) is 3.58. The Kier molecular flexibility index (Phi) is 9.29. The fraction of sp³-hybridized carbons (Fsp3) is 0.300. The van der Waals surface area contributed by atoms with Crippen LogP contribution in [0.25, 0.3) is 0 Å². The second-order valence-corrected chi connectivity index (χ2v) is 12.3. The number of halogens is 7. The van der Waals surface area contributed by atoms with Gasteiger partial charge in [-0.2, -0.15) is 17.2 Å². The molecule has 35 heavy (non-hydrogen) atoms. The Morgan fingerprint density at radius 3 is 1.97 bits per heavy atom. The smallest absolute Gasteiger partial charge is 0.339 e. The molecule has 0 heterocycles. The lowest BCUT2D eigenvalue weighted by Gasteiger charge is -2.27. The summed E-state index contributed by atoms with van der Waals surface area (Å²) >= 11 is 6.21. The highest BCUT2D eigenvalue weighted by atomic mass is 127. The van der Waals surface area contributed by atoms with E-state index in [1.807, 2.05) is 28.7 Å². The summed E-state index contributed by atoms with van der Waals surface area (Å²) < 4.78 is 99.4. The number of hydrogen-bond donors (Lipinski definition) is 1. The van der Waals surface area contributed by atoms with Crippen molar-refractivity contribution in [3.8, 4) is 5.75 Å². The molecule has 1 aliphatic rings. The van der Waals surface area contributed by atoms with E-state index in [-0.39, 0.29) is 25.7 Å². The van der Waals surface area contributed by atoms with Crippen LogP contribution in [-0.2, 0) is 19.6 Å². The van der Waals surface area contributed by atoms with Gasteiger partial charge in [-0.15, -0.1) is 0 Å². The van der Waals surface area contributed by atoms with E-state index in [1.54, 1.807) is 6.07 Å². The SMILES string of the molecule is O=C(OC1CCC(C(=O)Oc2c(F)c(F)c(S(=O)(=O)O)c(F)c2F)CC1)c1cc(I)cc(I)c1I. The van der Waals surface area contributed by atoms with Crippen molar-refractivity contribution in [3.63, 3.8) is 0 Å². The van der Waals surface area contributed by atoms with E-state index in [2.05, 4.69) is 49.9 Å². The van der Waals surface area contributed by atoms with Gasteiger partial charge in [0.05, 0.1) is 11.5 Å². The van der Waals surface area contributed by atoms with Crippen molar-refractivity contribution in [1.82, 2.24) is 0 Å². The van der Waals surface area contributed by atoms with Crippen LogP contribution in [0, 0.1) is 39.9 Å². The number of esters is 2. The van der Waals surface area contributed by atoms with Gasteiger partial charge in [-0.1, -0.05) is 0 Å². The van der Waals surface area contributed by atoms with Gasteiger partial charge in [-0.05, 0) is 106 Å². The first-order chi connectivity index (χ1) is 16.2. The lowest BCUT2D eigenvalue weighted by Crippen LogP contribution is -2.31. The minimum Gasteiger partial charge on any atom is -0.459 e. The van der Waals surface area contributed by atoms with Crippen LogP contribution >= 0.6 is 67.8 Å². The van der Waals surface area contributed by atoms with E-state index in [1.165, 1.54) is 0 Å². The molecular weight excluding hydrogens is 841 g/mol. The summed E-state index contributed by atoms with van der Waals surface area (Å²) in [5.41, 5.74) is 0.395. The Morgan fingerprint density at radius 1 is 0.914 bits per heavy atom. The zero-order valence-electron chi connectivity index (χ0n) is 17.1. The summed E-state index contributed by atoms with van der Waals surface area (Å²) in [6.07, 6.45) is 0.0939. The third-order valence-electron chi connectivity index (χ3n) is 5.14. The lowest BCUT2D eigenvalue weighted by molar-refractivity contribution is -0.141. The summed E-state index contributed by atoms with van der Waals surface area (Å²) in [4.78, 5) is 22.7. The van der Waals surface area contributed by atoms with Crippen LogP contribution in [0.1, 0.15) is 36.0 Å². The second kappa shape index (κ2) is 11.3. The predicted molar refractivity (Wildman–Crippen MR) is 137 cm³/mol. The molecule has 1 aliphatic carbocycles. The quantitative estimate of drug-likeness (QED) is 0.104. The molecule has 1 saturated carbocycles. The van der Waals surface area contributed by atoms with Crippen LogP contribution in [0.15, 0.2) is 17.0 Å². The molecule has 0 bridgehead atoms. The third-order valence-corrected chi connectivity index (χ3v) is 9.68. The largest absolute Gasteiger partial charge is 0.459 e. The van der Waals surface area contributed by atoms with Crippen molar-refractivity contribution in [2.24, 2.45) is 5.92 Å². The molecule has 0 aromatic heterocycles. The van der Waals surface area contributed by atoms with Gasteiger partial charge in [0.15, 0.2) is 16.5 Å². The Bertz CT molecular complexity index is 1280. The van der Waals surface area contributed by atoms with Crippen LogP contribution in [-0.4, -0.2) is 31.0 Å². The molecule has 0 atom stereocenters. The fourth-order valence-corrected chi connectivity index (χ4v) is 6.44. The molecule has 1 fully saturated rings. The number of benzene rings is 2. The topological polar surface area (TPSA) is 107 Å². The van der Waals surface area contributed by atoms with Crippen LogP contribution in [0.4, 0.5) is 17.6 Å². The van der Waals surface area contributed by atoms with E-state index < -0.39 is 68.0 Å². The van der Waals surface area contributed by atoms with Gasteiger partial charge in [0.2, 0.25) is 17.4 Å². The third kappa shape index (κ3) is 6.38. The van der Waals surface area contributed by atoms with E-state index in [4.69, 9.17) is 9.29 Å². The number of ether oxygens (including phenoxy) is 2. The highest BCUT2D eigenvalue weighted by Crippen LogP contribution is 2.35. The zero-order valence-corrected chi connectivity index (χ0v) is 24.4. The first-order valence-electron chi connectivity index (χ1n) is 9.63. The molecule has 1 N–H and O–H groups in total. The lowest BCUT2D eigenvalue weighted by atomic mass is 9.87. The van der Waals surface area contributed by atoms with Gasteiger partial charge in [-0.3, -0.25) is 9.35 Å². The molecule has 0 radical (unpaired) electrons. The first kappa shape index (κ1) is 28.8. The molecule has 3 rings (SSSR count). The van der Waals surface area contributed by atoms with Crippen LogP contribution in [0.3, 0.4) is 0 Å². The number of carbonyl (C=O) groups is 2. The average molecular weight is 854 g/mol. The number of hydrogen-bond acceptors (Lipinski definition) is 6. The molecule has 0 saturated heterocycles. The molecule has 0 aliphatic heterocycles. The molecule has 190 valence electrons.